The number of ether oxygens (including phenoxy) is 3. The molecular formula is C21H20N2O8S2. The highest BCUT2D eigenvalue weighted by Crippen LogP contribution is 2.27. The molecule has 12 heteroatoms. The molecular weight excluding hydrogens is 472 g/mol. The fourth-order valence-corrected chi connectivity index (χ4v) is 4.72. The zero-order chi connectivity index (χ0) is 24.0. The summed E-state index contributed by atoms with van der Waals surface area (Å²) in [6, 6.07) is 11.3. The fourth-order valence-electron chi connectivity index (χ4n) is 2.68. The Morgan fingerprint density at radius 2 is 1.70 bits per heavy atom. The van der Waals surface area contributed by atoms with Gasteiger partial charge in [0, 0.05) is 30.0 Å². The van der Waals surface area contributed by atoms with E-state index in [-0.39, 0.29) is 15.5 Å². The van der Waals surface area contributed by atoms with Gasteiger partial charge in [-0.1, -0.05) is 6.07 Å². The molecule has 10 nitrogen and oxygen atoms in total. The highest BCUT2D eigenvalue weighted by Gasteiger charge is 2.19. The molecule has 33 heavy (non-hydrogen) atoms. The minimum Gasteiger partial charge on any atom is -0.507 e. The van der Waals surface area contributed by atoms with E-state index in [0.29, 0.717) is 17.2 Å². The number of phenols is 1. The number of thiophene rings is 1. The van der Waals surface area contributed by atoms with E-state index < -0.39 is 34.3 Å². The van der Waals surface area contributed by atoms with Crippen molar-refractivity contribution < 1.29 is 37.3 Å². The Morgan fingerprint density at radius 1 is 1.00 bits per heavy atom. The van der Waals surface area contributed by atoms with Gasteiger partial charge in [0.25, 0.3) is 15.9 Å². The van der Waals surface area contributed by atoms with E-state index in [4.69, 9.17) is 14.2 Å². The minimum atomic E-state index is -3.81. The zero-order valence-electron chi connectivity index (χ0n) is 17.5. The smallest absolute Gasteiger partial charge is 0.342 e. The number of methoxy groups -OCH3 is 2. The average molecular weight is 493 g/mol. The Kier molecular flexibility index (Phi) is 7.41. The van der Waals surface area contributed by atoms with E-state index in [9.17, 15) is 23.1 Å². The predicted octanol–water partition coefficient (Wildman–Crippen LogP) is 3.07. The van der Waals surface area contributed by atoms with Gasteiger partial charge in [0.05, 0.1) is 19.9 Å². The van der Waals surface area contributed by atoms with E-state index in [1.165, 1.54) is 32.4 Å². The summed E-state index contributed by atoms with van der Waals surface area (Å²) in [5.41, 5.74) is 0.199. The van der Waals surface area contributed by atoms with Crippen molar-refractivity contribution in [2.45, 2.75) is 4.21 Å². The lowest BCUT2D eigenvalue weighted by Gasteiger charge is -2.11. The largest absolute Gasteiger partial charge is 0.507 e. The molecule has 0 saturated carbocycles. The van der Waals surface area contributed by atoms with Gasteiger partial charge in [-0.3, -0.25) is 9.52 Å². The Morgan fingerprint density at radius 3 is 2.27 bits per heavy atom. The number of carbonyl (C=O) groups excluding carboxylic acids is 2. The van der Waals surface area contributed by atoms with Crippen LogP contribution in [-0.4, -0.2) is 46.2 Å². The fraction of sp³-hybridized carbons (Fsp3) is 0.143. The maximum absolute atomic E-state index is 12.3. The summed E-state index contributed by atoms with van der Waals surface area (Å²) in [6.45, 7) is -0.620. The van der Waals surface area contributed by atoms with Crippen LogP contribution in [0.15, 0.2) is 58.1 Å². The summed E-state index contributed by atoms with van der Waals surface area (Å²) in [5.74, 6) is -1.18. The molecule has 1 aromatic heterocycles. The molecule has 3 rings (SSSR count). The quantitative estimate of drug-likeness (QED) is 0.387. The number of benzene rings is 2. The molecule has 0 saturated heterocycles. The predicted molar refractivity (Wildman–Crippen MR) is 122 cm³/mol. The molecule has 174 valence electrons. The van der Waals surface area contributed by atoms with Crippen molar-refractivity contribution in [3.8, 4) is 17.2 Å². The lowest BCUT2D eigenvalue weighted by Crippen LogP contribution is -2.21. The zero-order valence-corrected chi connectivity index (χ0v) is 19.2. The normalized spacial score (nSPS) is 10.8. The second kappa shape index (κ2) is 10.2. The van der Waals surface area contributed by atoms with Crippen molar-refractivity contribution in [1.82, 2.24) is 0 Å². The number of aromatic hydroxyl groups is 1. The molecule has 1 heterocycles. The molecule has 0 atom stereocenters. The number of hydrogen-bond acceptors (Lipinski definition) is 9. The Hall–Kier alpha value is -3.77. The maximum atomic E-state index is 12.3. The van der Waals surface area contributed by atoms with Crippen molar-refractivity contribution in [1.29, 1.82) is 0 Å². The number of amides is 1. The van der Waals surface area contributed by atoms with E-state index >= 15 is 0 Å². The van der Waals surface area contributed by atoms with Gasteiger partial charge in [-0.25, -0.2) is 13.2 Å². The number of anilines is 2. The third-order valence-electron chi connectivity index (χ3n) is 4.20. The van der Waals surface area contributed by atoms with Crippen LogP contribution in [0.3, 0.4) is 0 Å². The van der Waals surface area contributed by atoms with Crippen LogP contribution in [0.4, 0.5) is 11.4 Å². The molecule has 0 aliphatic carbocycles. The number of nitrogens with one attached hydrogen (secondary N) is 2. The number of hydrogen-bond donors (Lipinski definition) is 3. The summed E-state index contributed by atoms with van der Waals surface area (Å²) in [4.78, 5) is 24.4. The van der Waals surface area contributed by atoms with E-state index in [0.717, 1.165) is 17.4 Å². The van der Waals surface area contributed by atoms with Gasteiger partial charge in [0.1, 0.15) is 27.0 Å². The summed E-state index contributed by atoms with van der Waals surface area (Å²) >= 11 is 1.04. The molecule has 3 N–H and O–H groups in total. The lowest BCUT2D eigenvalue weighted by molar-refractivity contribution is -0.119. The SMILES string of the molecule is COc1cc(NC(=O)COC(=O)c2ccc(NS(=O)(=O)c3cccs3)cc2O)cc(OC)c1. The monoisotopic (exact) mass is 492 g/mol. The Labute approximate surface area is 193 Å². The summed E-state index contributed by atoms with van der Waals surface area (Å²) < 4.78 is 42.1. The summed E-state index contributed by atoms with van der Waals surface area (Å²) in [7, 11) is -0.880. The first kappa shape index (κ1) is 23.9. The topological polar surface area (TPSA) is 140 Å². The van der Waals surface area contributed by atoms with Crippen molar-refractivity contribution in [2.75, 3.05) is 30.9 Å². The van der Waals surface area contributed by atoms with Crippen LogP contribution in [0.25, 0.3) is 0 Å². The van der Waals surface area contributed by atoms with Crippen LogP contribution in [0.1, 0.15) is 10.4 Å². The van der Waals surface area contributed by atoms with Crippen LogP contribution >= 0.6 is 11.3 Å². The first-order valence-electron chi connectivity index (χ1n) is 9.31. The molecule has 0 aliphatic heterocycles. The number of rotatable bonds is 9. The van der Waals surface area contributed by atoms with Crippen LogP contribution in [0.2, 0.25) is 0 Å². The summed E-state index contributed by atoms with van der Waals surface area (Å²) in [6.07, 6.45) is 0. The van der Waals surface area contributed by atoms with Gasteiger partial charge in [0.15, 0.2) is 6.61 Å². The first-order valence-corrected chi connectivity index (χ1v) is 11.7. The molecule has 2 aromatic carbocycles. The van der Waals surface area contributed by atoms with Gasteiger partial charge in [-0.05, 0) is 23.6 Å². The third kappa shape index (κ3) is 6.14. The van der Waals surface area contributed by atoms with Gasteiger partial charge in [-0.2, -0.15) is 0 Å². The van der Waals surface area contributed by atoms with E-state index in [2.05, 4.69) is 10.0 Å². The van der Waals surface area contributed by atoms with Crippen LogP contribution in [0.5, 0.6) is 17.2 Å². The molecule has 0 radical (unpaired) electrons. The maximum Gasteiger partial charge on any atom is 0.342 e. The molecule has 0 unspecified atom stereocenters. The molecule has 0 spiro atoms. The third-order valence-corrected chi connectivity index (χ3v) is 6.98. The van der Waals surface area contributed by atoms with Gasteiger partial charge >= 0.3 is 5.97 Å². The van der Waals surface area contributed by atoms with Crippen LogP contribution in [0, 0.1) is 0 Å². The standard InChI is InChI=1S/C21H20N2O8S2/c1-29-15-8-14(9-16(11-15)30-2)22-19(25)12-31-21(26)17-6-5-13(10-18(17)24)23-33(27,28)20-4-3-7-32-20/h3-11,23-24H,12H2,1-2H3,(H,22,25). The van der Waals surface area contributed by atoms with Crippen molar-refractivity contribution in [2.24, 2.45) is 0 Å². The van der Waals surface area contributed by atoms with Crippen molar-refractivity contribution >= 4 is 44.6 Å². The first-order chi connectivity index (χ1) is 15.7. The highest BCUT2D eigenvalue weighted by atomic mass is 32.2. The van der Waals surface area contributed by atoms with E-state index in [1.807, 2.05) is 0 Å². The van der Waals surface area contributed by atoms with E-state index in [1.54, 1.807) is 29.6 Å². The second-order valence-electron chi connectivity index (χ2n) is 6.50. The molecule has 3 aromatic rings. The van der Waals surface area contributed by atoms with Crippen LogP contribution < -0.4 is 19.5 Å². The molecule has 0 fully saturated rings. The Bertz CT molecular complexity index is 1240. The van der Waals surface area contributed by atoms with Gasteiger partial charge in [0.2, 0.25) is 0 Å². The minimum absolute atomic E-state index is 0.0576. The molecule has 0 bridgehead atoms. The Balaban J connectivity index is 1.61. The average Bonchev–Trinajstić information content (AvgIpc) is 3.33. The molecule has 1 amide bonds. The lowest BCUT2D eigenvalue weighted by atomic mass is 10.2. The van der Waals surface area contributed by atoms with Gasteiger partial charge < -0.3 is 24.6 Å². The number of sulfonamides is 1. The van der Waals surface area contributed by atoms with Gasteiger partial charge in [-0.15, -0.1) is 11.3 Å². The second-order valence-corrected chi connectivity index (χ2v) is 9.35. The van der Waals surface area contributed by atoms with Crippen molar-refractivity contribution in [3.05, 3.63) is 59.5 Å². The highest BCUT2D eigenvalue weighted by molar-refractivity contribution is 7.94. The number of esters is 1. The molecule has 0 aliphatic rings. The van der Waals surface area contributed by atoms with Crippen LogP contribution in [-0.2, 0) is 19.6 Å². The number of carbonyl (C=O) groups is 2. The van der Waals surface area contributed by atoms with Crippen molar-refractivity contribution in [3.63, 3.8) is 0 Å². The summed E-state index contributed by atoms with van der Waals surface area (Å²) in [5, 5.41) is 14.3. The number of phenolic OH excluding ortho intramolecular Hbond substituents is 1.